The molecule has 1 aromatic heterocycles. The van der Waals surface area contributed by atoms with Crippen LogP contribution < -0.4 is 9.62 Å². The second kappa shape index (κ2) is 8.15. The first-order chi connectivity index (χ1) is 15.8. The summed E-state index contributed by atoms with van der Waals surface area (Å²) in [7, 11) is -3.49. The smallest absolute Gasteiger partial charge is 0.320 e. The van der Waals surface area contributed by atoms with E-state index in [0.29, 0.717) is 34.7 Å². The van der Waals surface area contributed by atoms with E-state index >= 15 is 0 Å². The summed E-state index contributed by atoms with van der Waals surface area (Å²) >= 11 is 0. The number of amides is 1. The van der Waals surface area contributed by atoms with Crippen LogP contribution in [-0.4, -0.2) is 36.4 Å². The average Bonchev–Trinajstić information content (AvgIpc) is 3.23. The molecule has 180 valence electrons. The van der Waals surface area contributed by atoms with E-state index in [2.05, 4.69) is 10.4 Å². The van der Waals surface area contributed by atoms with Gasteiger partial charge in [-0.05, 0) is 75.2 Å². The second-order valence-electron chi connectivity index (χ2n) is 8.48. The molecule has 7 nitrogen and oxygen atoms in total. The lowest BCUT2D eigenvalue weighted by Crippen LogP contribution is -2.34. The van der Waals surface area contributed by atoms with Crippen molar-refractivity contribution in [1.29, 1.82) is 0 Å². The van der Waals surface area contributed by atoms with Crippen LogP contribution in [0.2, 0.25) is 0 Å². The quantitative estimate of drug-likeness (QED) is 0.583. The lowest BCUT2D eigenvalue weighted by molar-refractivity contribution is -0.137. The molecule has 0 fully saturated rings. The Hall–Kier alpha value is -3.34. The molecule has 1 unspecified atom stereocenters. The molecular weight excluding hydrogens is 469 g/mol. The van der Waals surface area contributed by atoms with Crippen molar-refractivity contribution in [2.24, 2.45) is 0 Å². The Labute approximate surface area is 195 Å². The fraction of sp³-hybridized carbons (Fsp3) is 0.304. The van der Waals surface area contributed by atoms with E-state index in [1.54, 1.807) is 39.0 Å². The number of nitrogens with zero attached hydrogens (tertiary/aromatic N) is 3. The van der Waals surface area contributed by atoms with Crippen LogP contribution in [0.4, 0.5) is 24.5 Å². The molecule has 0 bridgehead atoms. The van der Waals surface area contributed by atoms with Crippen LogP contribution in [0, 0.1) is 13.8 Å². The first-order valence-electron chi connectivity index (χ1n) is 10.4. The Morgan fingerprint density at radius 2 is 1.76 bits per heavy atom. The molecule has 0 saturated heterocycles. The minimum absolute atomic E-state index is 0.0438. The third-order valence-corrected chi connectivity index (χ3v) is 6.93. The van der Waals surface area contributed by atoms with Crippen molar-refractivity contribution in [2.45, 2.75) is 39.4 Å². The van der Waals surface area contributed by atoms with Gasteiger partial charge in [-0.2, -0.15) is 18.3 Å². The van der Waals surface area contributed by atoms with Crippen LogP contribution >= 0.6 is 0 Å². The number of alkyl halides is 3. The van der Waals surface area contributed by atoms with E-state index in [-0.39, 0.29) is 17.3 Å². The van der Waals surface area contributed by atoms with Gasteiger partial charge in [0, 0.05) is 17.3 Å². The Kier molecular flexibility index (Phi) is 5.71. The van der Waals surface area contributed by atoms with Gasteiger partial charge in [-0.15, -0.1) is 0 Å². The highest BCUT2D eigenvalue weighted by molar-refractivity contribution is 7.92. The first-order valence-corrected chi connectivity index (χ1v) is 12.3. The van der Waals surface area contributed by atoms with Gasteiger partial charge in [0.05, 0.1) is 34.6 Å². The van der Waals surface area contributed by atoms with Gasteiger partial charge in [0.15, 0.2) is 0 Å². The number of nitrogens with one attached hydrogen (secondary N) is 1. The first kappa shape index (κ1) is 23.8. The fourth-order valence-corrected chi connectivity index (χ4v) is 5.58. The molecular formula is C23H23F3N4O3S. The summed E-state index contributed by atoms with van der Waals surface area (Å²) in [6, 6.07) is 9.14. The number of carbonyl (C=O) groups is 1. The van der Waals surface area contributed by atoms with Gasteiger partial charge < -0.3 is 5.32 Å². The van der Waals surface area contributed by atoms with Crippen molar-refractivity contribution >= 4 is 27.3 Å². The molecule has 11 heteroatoms. The van der Waals surface area contributed by atoms with Gasteiger partial charge >= 0.3 is 6.18 Å². The molecule has 0 radical (unpaired) electrons. The number of aryl methyl sites for hydroxylation is 2. The maximum Gasteiger partial charge on any atom is 0.416 e. The summed E-state index contributed by atoms with van der Waals surface area (Å²) in [5.41, 5.74) is 2.10. The zero-order valence-electron chi connectivity index (χ0n) is 18.9. The predicted molar refractivity (Wildman–Crippen MR) is 123 cm³/mol. The molecule has 1 amide bonds. The molecule has 2 heterocycles. The number of hydrogen-bond donors (Lipinski definition) is 1. The van der Waals surface area contributed by atoms with E-state index < -0.39 is 27.7 Å². The lowest BCUT2D eigenvalue weighted by Gasteiger charge is -2.22. The molecule has 4 rings (SSSR count). The minimum atomic E-state index is -4.59. The van der Waals surface area contributed by atoms with E-state index in [0.717, 1.165) is 18.4 Å². The molecule has 2 aromatic carbocycles. The van der Waals surface area contributed by atoms with Gasteiger partial charge in [0.1, 0.15) is 0 Å². The summed E-state index contributed by atoms with van der Waals surface area (Å²) in [5.74, 6) is -0.615. The number of halogens is 3. The van der Waals surface area contributed by atoms with E-state index in [9.17, 15) is 26.4 Å². The largest absolute Gasteiger partial charge is 0.416 e. The molecule has 0 aliphatic carbocycles. The van der Waals surface area contributed by atoms with Gasteiger partial charge in [-0.3, -0.25) is 9.10 Å². The van der Waals surface area contributed by atoms with Crippen molar-refractivity contribution in [3.05, 3.63) is 70.5 Å². The van der Waals surface area contributed by atoms with Crippen LogP contribution in [-0.2, 0) is 22.6 Å². The van der Waals surface area contributed by atoms with E-state index in [1.807, 2.05) is 0 Å². The monoisotopic (exact) mass is 492 g/mol. The topological polar surface area (TPSA) is 84.3 Å². The van der Waals surface area contributed by atoms with Crippen molar-refractivity contribution in [3.63, 3.8) is 0 Å². The zero-order chi connectivity index (χ0) is 25.0. The van der Waals surface area contributed by atoms with Gasteiger partial charge in [-0.25, -0.2) is 13.1 Å². The highest BCUT2D eigenvalue weighted by atomic mass is 32.2. The summed E-state index contributed by atoms with van der Waals surface area (Å²) in [5, 5.41) is 6.91. The maximum absolute atomic E-state index is 13.4. The number of anilines is 2. The Morgan fingerprint density at radius 3 is 2.35 bits per heavy atom. The van der Waals surface area contributed by atoms with Crippen LogP contribution in [0.25, 0.3) is 5.69 Å². The summed E-state index contributed by atoms with van der Waals surface area (Å²) in [6.07, 6.45) is -3.05. The highest BCUT2D eigenvalue weighted by Crippen LogP contribution is 2.36. The van der Waals surface area contributed by atoms with E-state index in [1.165, 1.54) is 21.1 Å². The van der Waals surface area contributed by atoms with Crippen LogP contribution in [0.1, 0.15) is 39.8 Å². The Balaban J connectivity index is 1.72. The summed E-state index contributed by atoms with van der Waals surface area (Å²) in [4.78, 5) is 13.1. The minimum Gasteiger partial charge on any atom is -0.320 e. The second-order valence-corrected chi connectivity index (χ2v) is 10.3. The molecule has 1 aliphatic rings. The van der Waals surface area contributed by atoms with Gasteiger partial charge in [0.25, 0.3) is 5.91 Å². The molecule has 3 aromatic rings. The summed E-state index contributed by atoms with van der Waals surface area (Å²) < 4.78 is 67.2. The third kappa shape index (κ3) is 4.39. The normalized spacial score (nSPS) is 16.0. The maximum atomic E-state index is 13.4. The fourth-order valence-electron chi connectivity index (χ4n) is 4.31. The SMILES string of the molecule is Cc1cc(C)n(-c2ccc(C(F)(F)F)cc2NC(=O)c2ccc3c(c2)CC(C)N3S(C)(=O)=O)n1. The number of aromatic nitrogens is 2. The number of sulfonamides is 1. The van der Waals surface area contributed by atoms with Crippen LogP contribution in [0.15, 0.2) is 42.5 Å². The van der Waals surface area contributed by atoms with Gasteiger partial charge in [0.2, 0.25) is 10.0 Å². The van der Waals surface area contributed by atoms with E-state index in [4.69, 9.17) is 0 Å². The molecule has 1 atom stereocenters. The molecule has 0 saturated carbocycles. The highest BCUT2D eigenvalue weighted by Gasteiger charge is 2.34. The van der Waals surface area contributed by atoms with Crippen LogP contribution in [0.5, 0.6) is 0 Å². The Bertz CT molecular complexity index is 1400. The predicted octanol–water partition coefficient (Wildman–Crippen LogP) is 4.47. The van der Waals surface area contributed by atoms with Crippen molar-refractivity contribution in [3.8, 4) is 5.69 Å². The third-order valence-electron chi connectivity index (χ3n) is 5.66. The number of benzene rings is 2. The standard InChI is InChI=1S/C23H23F3N4O3S/c1-13-9-14(2)29(28-13)21-8-6-18(23(24,25)26)12-19(21)27-22(31)16-5-7-20-17(11-16)10-15(3)30(20)34(4,32)33/h5-9,11-12,15H,10H2,1-4H3,(H,27,31). The average molecular weight is 493 g/mol. The van der Waals surface area contributed by atoms with Crippen molar-refractivity contribution < 1.29 is 26.4 Å². The zero-order valence-corrected chi connectivity index (χ0v) is 19.8. The molecule has 34 heavy (non-hydrogen) atoms. The lowest BCUT2D eigenvalue weighted by atomic mass is 10.1. The molecule has 1 N–H and O–H groups in total. The number of rotatable bonds is 4. The summed E-state index contributed by atoms with van der Waals surface area (Å²) in [6.45, 7) is 5.29. The number of hydrogen-bond acceptors (Lipinski definition) is 4. The number of carbonyl (C=O) groups excluding carboxylic acids is 1. The molecule has 1 aliphatic heterocycles. The van der Waals surface area contributed by atoms with Crippen molar-refractivity contribution in [1.82, 2.24) is 9.78 Å². The van der Waals surface area contributed by atoms with Crippen LogP contribution in [0.3, 0.4) is 0 Å². The number of fused-ring (bicyclic) bond motifs is 1. The van der Waals surface area contributed by atoms with Crippen molar-refractivity contribution in [2.75, 3.05) is 15.9 Å². The Morgan fingerprint density at radius 1 is 1.09 bits per heavy atom. The molecule has 0 spiro atoms. The van der Waals surface area contributed by atoms with Gasteiger partial charge in [-0.1, -0.05) is 0 Å².